The highest BCUT2D eigenvalue weighted by atomic mass is 32.2. The van der Waals surface area contributed by atoms with Gasteiger partial charge in [0.2, 0.25) is 5.91 Å². The molecule has 4 aromatic rings. The summed E-state index contributed by atoms with van der Waals surface area (Å²) in [5, 5.41) is 5.96. The number of amides is 2. The number of nitrogens with one attached hydrogen (secondary N) is 2. The van der Waals surface area contributed by atoms with Crippen LogP contribution >= 0.6 is 23.1 Å². The molecule has 0 saturated carbocycles. The number of anilines is 2. The van der Waals surface area contributed by atoms with Crippen molar-refractivity contribution in [3.63, 3.8) is 0 Å². The summed E-state index contributed by atoms with van der Waals surface area (Å²) in [7, 11) is 2.99. The number of hydrogen-bond acceptors (Lipinski definition) is 9. The molecule has 1 atom stereocenters. The SMILES string of the molecule is CCOC(=O)c1c(NC(=O)C(C)Sc2cccc(NC(=O)c3c(OC)cccc3OC)c2)sc2c1CCN(Cc1ccccc1)C2. The zero-order valence-corrected chi connectivity index (χ0v) is 27.9. The monoisotopic (exact) mass is 659 g/mol. The van der Waals surface area contributed by atoms with E-state index in [2.05, 4.69) is 27.7 Å². The molecule has 46 heavy (non-hydrogen) atoms. The number of benzene rings is 3. The van der Waals surface area contributed by atoms with E-state index < -0.39 is 11.2 Å². The third-order valence-corrected chi connectivity index (χ3v) is 9.76. The fourth-order valence-electron chi connectivity index (χ4n) is 5.33. The molecule has 2 amide bonds. The van der Waals surface area contributed by atoms with E-state index in [0.717, 1.165) is 28.4 Å². The summed E-state index contributed by atoms with van der Waals surface area (Å²) in [6.45, 7) is 6.15. The molecule has 0 radical (unpaired) electrons. The number of esters is 1. The third kappa shape index (κ3) is 7.72. The van der Waals surface area contributed by atoms with Gasteiger partial charge in [-0.1, -0.05) is 42.5 Å². The first-order valence-corrected chi connectivity index (χ1v) is 16.7. The topological polar surface area (TPSA) is 106 Å². The summed E-state index contributed by atoms with van der Waals surface area (Å²) < 4.78 is 16.1. The largest absolute Gasteiger partial charge is 0.496 e. The van der Waals surface area contributed by atoms with Crippen LogP contribution in [0.5, 0.6) is 11.5 Å². The Bertz CT molecular complexity index is 1690. The van der Waals surface area contributed by atoms with E-state index in [-0.39, 0.29) is 24.0 Å². The van der Waals surface area contributed by atoms with Gasteiger partial charge in [0.1, 0.15) is 22.1 Å². The lowest BCUT2D eigenvalue weighted by Crippen LogP contribution is -2.30. The van der Waals surface area contributed by atoms with Gasteiger partial charge in [-0.25, -0.2) is 4.79 Å². The zero-order chi connectivity index (χ0) is 32.6. The van der Waals surface area contributed by atoms with E-state index >= 15 is 0 Å². The van der Waals surface area contributed by atoms with Crippen LogP contribution in [0.1, 0.15) is 50.6 Å². The molecule has 0 aliphatic carbocycles. The molecular weight excluding hydrogens is 623 g/mol. The first-order valence-electron chi connectivity index (χ1n) is 15.0. The highest BCUT2D eigenvalue weighted by Crippen LogP contribution is 2.39. The summed E-state index contributed by atoms with van der Waals surface area (Å²) in [6.07, 6.45) is 0.701. The summed E-state index contributed by atoms with van der Waals surface area (Å²) in [5.41, 5.74) is 3.50. The fourth-order valence-corrected chi connectivity index (χ4v) is 7.53. The number of carbonyl (C=O) groups excluding carboxylic acids is 3. The fraction of sp³-hybridized carbons (Fsp3) is 0.286. The minimum Gasteiger partial charge on any atom is -0.496 e. The second-order valence-corrected chi connectivity index (χ2v) is 13.2. The van der Waals surface area contributed by atoms with E-state index in [1.54, 1.807) is 31.2 Å². The van der Waals surface area contributed by atoms with Crippen molar-refractivity contribution in [2.24, 2.45) is 0 Å². The lowest BCUT2D eigenvalue weighted by atomic mass is 10.0. The number of rotatable bonds is 12. The molecule has 11 heteroatoms. The number of methoxy groups -OCH3 is 2. The van der Waals surface area contributed by atoms with Gasteiger partial charge in [-0.05, 0) is 61.7 Å². The highest BCUT2D eigenvalue weighted by molar-refractivity contribution is 8.00. The van der Waals surface area contributed by atoms with E-state index in [1.165, 1.54) is 42.9 Å². The molecule has 0 spiro atoms. The van der Waals surface area contributed by atoms with Gasteiger partial charge >= 0.3 is 5.97 Å². The minimum atomic E-state index is -0.496. The van der Waals surface area contributed by atoms with Gasteiger partial charge in [-0.15, -0.1) is 23.1 Å². The van der Waals surface area contributed by atoms with Crippen molar-refractivity contribution in [1.82, 2.24) is 4.90 Å². The molecule has 3 aromatic carbocycles. The average Bonchev–Trinajstić information content (AvgIpc) is 3.42. The standard InChI is InChI=1S/C35H37N3O6S2/c1-5-44-35(41)30-26-17-18-38(20-23-11-7-6-8-12-23)21-29(26)46-34(30)37-32(39)22(2)45-25-14-9-13-24(19-25)36-33(40)31-27(42-3)15-10-16-28(31)43-4/h6-16,19,22H,5,17-18,20-21H2,1-4H3,(H,36,40)(H,37,39). The van der Waals surface area contributed by atoms with Gasteiger partial charge < -0.3 is 24.8 Å². The average molecular weight is 660 g/mol. The molecule has 1 aliphatic heterocycles. The predicted molar refractivity (Wildman–Crippen MR) is 182 cm³/mol. The van der Waals surface area contributed by atoms with Gasteiger partial charge in [0.15, 0.2) is 0 Å². The number of fused-ring (bicyclic) bond motifs is 1. The molecular formula is C35H37N3O6S2. The Morgan fingerprint density at radius 1 is 0.935 bits per heavy atom. The molecule has 2 N–H and O–H groups in total. The molecule has 0 bridgehead atoms. The Hall–Kier alpha value is -4.32. The molecule has 1 aromatic heterocycles. The summed E-state index contributed by atoms with van der Waals surface area (Å²) >= 11 is 2.80. The highest BCUT2D eigenvalue weighted by Gasteiger charge is 2.30. The van der Waals surface area contributed by atoms with E-state index in [9.17, 15) is 14.4 Å². The van der Waals surface area contributed by atoms with Crippen LogP contribution in [-0.4, -0.2) is 55.3 Å². The van der Waals surface area contributed by atoms with Gasteiger partial charge in [0, 0.05) is 35.1 Å². The zero-order valence-electron chi connectivity index (χ0n) is 26.3. The second-order valence-electron chi connectivity index (χ2n) is 10.6. The van der Waals surface area contributed by atoms with Crippen molar-refractivity contribution in [3.8, 4) is 11.5 Å². The van der Waals surface area contributed by atoms with Gasteiger partial charge in [-0.2, -0.15) is 0 Å². The minimum absolute atomic E-state index is 0.233. The number of carbonyl (C=O) groups is 3. The molecule has 0 saturated heterocycles. The van der Waals surface area contributed by atoms with Crippen LogP contribution in [0.25, 0.3) is 0 Å². The first kappa shape index (κ1) is 33.1. The van der Waals surface area contributed by atoms with Crippen molar-refractivity contribution >= 4 is 51.6 Å². The lowest BCUT2D eigenvalue weighted by Gasteiger charge is -2.27. The summed E-state index contributed by atoms with van der Waals surface area (Å²) in [6, 6.07) is 22.7. The Labute approximate surface area is 277 Å². The Balaban J connectivity index is 1.28. The van der Waals surface area contributed by atoms with Crippen LogP contribution in [0, 0.1) is 0 Å². The molecule has 1 unspecified atom stereocenters. The normalized spacial score (nSPS) is 13.3. The van der Waals surface area contributed by atoms with Gasteiger partial charge in [0.25, 0.3) is 5.91 Å². The van der Waals surface area contributed by atoms with E-state index in [1.807, 2.05) is 43.3 Å². The number of ether oxygens (including phenoxy) is 3. The van der Waals surface area contributed by atoms with Crippen LogP contribution in [-0.2, 0) is 29.0 Å². The van der Waals surface area contributed by atoms with Crippen molar-refractivity contribution in [2.45, 2.75) is 43.5 Å². The molecule has 2 heterocycles. The Morgan fingerprint density at radius 2 is 1.65 bits per heavy atom. The molecule has 1 aliphatic rings. The van der Waals surface area contributed by atoms with E-state index in [4.69, 9.17) is 14.2 Å². The molecule has 9 nitrogen and oxygen atoms in total. The second kappa shape index (κ2) is 15.3. The summed E-state index contributed by atoms with van der Waals surface area (Å²) in [5.74, 6) is -0.230. The maximum atomic E-state index is 13.5. The van der Waals surface area contributed by atoms with Crippen LogP contribution < -0.4 is 20.1 Å². The van der Waals surface area contributed by atoms with Gasteiger partial charge in [-0.3, -0.25) is 14.5 Å². The quantitative estimate of drug-likeness (QED) is 0.125. The van der Waals surface area contributed by atoms with Crippen LogP contribution in [0.3, 0.4) is 0 Å². The van der Waals surface area contributed by atoms with Crippen LogP contribution in [0.2, 0.25) is 0 Å². The Kier molecular flexibility index (Phi) is 11.0. The van der Waals surface area contributed by atoms with Crippen molar-refractivity contribution in [2.75, 3.05) is 38.0 Å². The number of thioether (sulfide) groups is 1. The van der Waals surface area contributed by atoms with Gasteiger partial charge in [0.05, 0.1) is 31.6 Å². The maximum absolute atomic E-state index is 13.5. The molecule has 0 fully saturated rings. The third-order valence-electron chi connectivity index (χ3n) is 7.53. The van der Waals surface area contributed by atoms with Crippen molar-refractivity contribution < 1.29 is 28.6 Å². The van der Waals surface area contributed by atoms with Crippen molar-refractivity contribution in [1.29, 1.82) is 0 Å². The number of hydrogen-bond donors (Lipinski definition) is 2. The maximum Gasteiger partial charge on any atom is 0.341 e. The first-order chi connectivity index (χ1) is 22.3. The van der Waals surface area contributed by atoms with E-state index in [0.29, 0.717) is 40.7 Å². The lowest BCUT2D eigenvalue weighted by molar-refractivity contribution is -0.115. The van der Waals surface area contributed by atoms with Crippen LogP contribution in [0.15, 0.2) is 77.7 Å². The van der Waals surface area contributed by atoms with Crippen LogP contribution in [0.4, 0.5) is 10.7 Å². The molecule has 5 rings (SSSR count). The smallest absolute Gasteiger partial charge is 0.341 e. The summed E-state index contributed by atoms with van der Waals surface area (Å²) in [4.78, 5) is 43.9. The predicted octanol–water partition coefficient (Wildman–Crippen LogP) is 6.87. The number of thiophene rings is 1. The molecule has 240 valence electrons. The van der Waals surface area contributed by atoms with Crippen molar-refractivity contribution in [3.05, 3.63) is 99.9 Å². The number of nitrogens with zero attached hydrogens (tertiary/aromatic N) is 1. The Morgan fingerprint density at radius 3 is 2.35 bits per heavy atom.